The van der Waals surface area contributed by atoms with Gasteiger partial charge in [-0.3, -0.25) is 0 Å². The van der Waals surface area contributed by atoms with Crippen LogP contribution >= 0.6 is 11.6 Å². The van der Waals surface area contributed by atoms with Gasteiger partial charge in [0.2, 0.25) is 0 Å². The first-order valence-electron chi connectivity index (χ1n) is 6.20. The van der Waals surface area contributed by atoms with E-state index in [2.05, 4.69) is 4.98 Å². The number of hydrogen-bond donors (Lipinski definition) is 1. The predicted molar refractivity (Wildman–Crippen MR) is 82.2 cm³/mol. The molecule has 0 spiro atoms. The van der Waals surface area contributed by atoms with Gasteiger partial charge in [-0.1, -0.05) is 41.9 Å². The summed E-state index contributed by atoms with van der Waals surface area (Å²) in [6.45, 7) is 0. The Morgan fingerprint density at radius 2 is 1.95 bits per heavy atom. The van der Waals surface area contributed by atoms with Crippen molar-refractivity contribution in [1.29, 1.82) is 0 Å². The fourth-order valence-corrected chi connectivity index (χ4v) is 2.07. The summed E-state index contributed by atoms with van der Waals surface area (Å²) in [6, 6.07) is 13.7. The van der Waals surface area contributed by atoms with E-state index in [1.54, 1.807) is 42.5 Å². The van der Waals surface area contributed by atoms with Crippen LogP contribution in [0.4, 0.5) is 0 Å². The average molecular weight is 300 g/mol. The van der Waals surface area contributed by atoms with Crippen molar-refractivity contribution in [2.75, 3.05) is 0 Å². The summed E-state index contributed by atoms with van der Waals surface area (Å²) in [4.78, 5) is 16.0. The fourth-order valence-electron chi connectivity index (χ4n) is 1.90. The van der Waals surface area contributed by atoms with Crippen LogP contribution in [0.15, 0.2) is 57.7 Å². The summed E-state index contributed by atoms with van der Waals surface area (Å²) >= 11 is 5.89. The Bertz CT molecular complexity index is 885. The van der Waals surface area contributed by atoms with Crippen LogP contribution in [0.1, 0.15) is 11.3 Å². The van der Waals surface area contributed by atoms with E-state index in [0.29, 0.717) is 21.7 Å². The van der Waals surface area contributed by atoms with Gasteiger partial charge in [0.05, 0.1) is 0 Å². The lowest BCUT2D eigenvalue weighted by Gasteiger charge is -2.01. The van der Waals surface area contributed by atoms with Gasteiger partial charge in [0.25, 0.3) is 0 Å². The molecule has 4 nitrogen and oxygen atoms in total. The zero-order chi connectivity index (χ0) is 14.8. The highest BCUT2D eigenvalue weighted by Crippen LogP contribution is 2.18. The Morgan fingerprint density at radius 1 is 1.19 bits per heavy atom. The zero-order valence-electron chi connectivity index (χ0n) is 10.8. The molecule has 1 heterocycles. The Hall–Kier alpha value is -2.59. The molecule has 3 rings (SSSR count). The highest BCUT2D eigenvalue weighted by atomic mass is 35.5. The van der Waals surface area contributed by atoms with E-state index in [-0.39, 0.29) is 11.5 Å². The smallest absolute Gasteiger partial charge is 0.362 e. The van der Waals surface area contributed by atoms with Gasteiger partial charge in [0.15, 0.2) is 11.3 Å². The maximum atomic E-state index is 11.9. The van der Waals surface area contributed by atoms with Crippen LogP contribution in [-0.4, -0.2) is 10.1 Å². The third-order valence-electron chi connectivity index (χ3n) is 2.92. The van der Waals surface area contributed by atoms with E-state index in [4.69, 9.17) is 16.0 Å². The maximum absolute atomic E-state index is 11.9. The molecule has 0 saturated carbocycles. The van der Waals surface area contributed by atoms with Crippen LogP contribution in [-0.2, 0) is 0 Å². The SMILES string of the molecule is O=c1oc2ccc(Cl)cc2nc1/C=C(\O)c1ccccc1. The monoisotopic (exact) mass is 299 g/mol. The minimum absolute atomic E-state index is 0.0196. The second-order valence-electron chi connectivity index (χ2n) is 4.39. The molecule has 0 aliphatic heterocycles. The molecule has 21 heavy (non-hydrogen) atoms. The molecular weight excluding hydrogens is 290 g/mol. The van der Waals surface area contributed by atoms with E-state index >= 15 is 0 Å². The highest BCUT2D eigenvalue weighted by molar-refractivity contribution is 6.31. The molecule has 0 unspecified atom stereocenters. The molecule has 0 amide bonds. The maximum Gasteiger partial charge on any atom is 0.362 e. The van der Waals surface area contributed by atoms with Gasteiger partial charge in [-0.05, 0) is 18.2 Å². The minimum Gasteiger partial charge on any atom is -0.507 e. The van der Waals surface area contributed by atoms with Gasteiger partial charge in [-0.15, -0.1) is 0 Å². The van der Waals surface area contributed by atoms with Gasteiger partial charge in [-0.2, -0.15) is 0 Å². The van der Waals surface area contributed by atoms with Crippen molar-refractivity contribution in [1.82, 2.24) is 4.98 Å². The molecule has 1 N–H and O–H groups in total. The molecule has 0 fully saturated rings. The molecule has 2 aromatic carbocycles. The third kappa shape index (κ3) is 2.80. The lowest BCUT2D eigenvalue weighted by atomic mass is 10.1. The average Bonchev–Trinajstić information content (AvgIpc) is 2.49. The van der Waals surface area contributed by atoms with Gasteiger partial charge in [-0.25, -0.2) is 9.78 Å². The summed E-state index contributed by atoms with van der Waals surface area (Å²) in [5.41, 5.74) is 0.790. The van der Waals surface area contributed by atoms with Crippen LogP contribution in [0.2, 0.25) is 5.02 Å². The second kappa shape index (κ2) is 5.42. The minimum atomic E-state index is -0.618. The number of hydrogen-bond acceptors (Lipinski definition) is 4. The highest BCUT2D eigenvalue weighted by Gasteiger charge is 2.07. The van der Waals surface area contributed by atoms with E-state index in [1.165, 1.54) is 6.08 Å². The Labute approximate surface area is 124 Å². The van der Waals surface area contributed by atoms with Gasteiger partial charge < -0.3 is 9.52 Å². The Balaban J connectivity index is 2.12. The summed E-state index contributed by atoms with van der Waals surface area (Å²) < 4.78 is 5.15. The molecule has 104 valence electrons. The van der Waals surface area contributed by atoms with Crippen LogP contribution in [0.3, 0.4) is 0 Å². The number of halogens is 1. The van der Waals surface area contributed by atoms with E-state index in [1.807, 2.05) is 6.07 Å². The Kier molecular flexibility index (Phi) is 3.46. The first-order chi connectivity index (χ1) is 10.1. The number of fused-ring (bicyclic) bond motifs is 1. The van der Waals surface area contributed by atoms with Crippen molar-refractivity contribution in [3.05, 3.63) is 75.2 Å². The standard InChI is InChI=1S/C16H10ClNO3/c17-11-6-7-15-12(8-11)18-13(16(20)21-15)9-14(19)10-4-2-1-3-5-10/h1-9,19H/b14-9-. The van der Waals surface area contributed by atoms with Crippen LogP contribution in [0, 0.1) is 0 Å². The largest absolute Gasteiger partial charge is 0.507 e. The number of rotatable bonds is 2. The first kappa shape index (κ1) is 13.4. The van der Waals surface area contributed by atoms with Crippen molar-refractivity contribution < 1.29 is 9.52 Å². The molecule has 0 bridgehead atoms. The molecule has 5 heteroatoms. The molecule has 0 atom stereocenters. The molecule has 0 saturated heterocycles. The summed E-state index contributed by atoms with van der Waals surface area (Å²) in [6.07, 6.45) is 1.28. The third-order valence-corrected chi connectivity index (χ3v) is 3.15. The summed E-state index contributed by atoms with van der Waals surface area (Å²) in [7, 11) is 0. The molecular formula is C16H10ClNO3. The van der Waals surface area contributed by atoms with Crippen molar-refractivity contribution in [3.8, 4) is 0 Å². The second-order valence-corrected chi connectivity index (χ2v) is 4.83. The van der Waals surface area contributed by atoms with E-state index in [0.717, 1.165) is 0 Å². The number of benzene rings is 2. The van der Waals surface area contributed by atoms with E-state index < -0.39 is 5.63 Å². The quantitative estimate of drug-likeness (QED) is 0.729. The normalized spacial score (nSPS) is 11.8. The van der Waals surface area contributed by atoms with Gasteiger partial charge in [0, 0.05) is 16.7 Å². The van der Waals surface area contributed by atoms with Crippen LogP contribution < -0.4 is 5.63 Å². The molecule has 0 aliphatic rings. The Morgan fingerprint density at radius 3 is 2.71 bits per heavy atom. The van der Waals surface area contributed by atoms with Gasteiger partial charge in [0.1, 0.15) is 11.3 Å². The lowest BCUT2D eigenvalue weighted by molar-refractivity contribution is 0.514. The van der Waals surface area contributed by atoms with Crippen molar-refractivity contribution >= 4 is 34.5 Å². The lowest BCUT2D eigenvalue weighted by Crippen LogP contribution is -2.06. The molecule has 1 aromatic heterocycles. The van der Waals surface area contributed by atoms with E-state index in [9.17, 15) is 9.90 Å². The summed E-state index contributed by atoms with van der Waals surface area (Å²) in [5, 5.41) is 10.5. The van der Waals surface area contributed by atoms with Crippen molar-refractivity contribution in [2.45, 2.75) is 0 Å². The number of aliphatic hydroxyl groups excluding tert-OH is 1. The fraction of sp³-hybridized carbons (Fsp3) is 0. The van der Waals surface area contributed by atoms with Crippen LogP contribution in [0.5, 0.6) is 0 Å². The van der Waals surface area contributed by atoms with Gasteiger partial charge >= 0.3 is 5.63 Å². The number of aromatic nitrogens is 1. The molecule has 3 aromatic rings. The number of nitrogens with zero attached hydrogens (tertiary/aromatic N) is 1. The molecule has 0 aliphatic carbocycles. The molecule has 0 radical (unpaired) electrons. The summed E-state index contributed by atoms with van der Waals surface area (Å²) in [5.74, 6) is -0.0585. The predicted octanol–water partition coefficient (Wildman–Crippen LogP) is 3.90. The number of aliphatic hydroxyl groups is 1. The topological polar surface area (TPSA) is 63.3 Å². The van der Waals surface area contributed by atoms with Crippen LogP contribution in [0.25, 0.3) is 22.9 Å². The first-order valence-corrected chi connectivity index (χ1v) is 6.58. The van der Waals surface area contributed by atoms with Crippen molar-refractivity contribution in [3.63, 3.8) is 0 Å². The van der Waals surface area contributed by atoms with Crippen molar-refractivity contribution in [2.24, 2.45) is 0 Å². The zero-order valence-corrected chi connectivity index (χ0v) is 11.5.